The fraction of sp³-hybridized carbons (Fsp3) is 0.400. The molecule has 0 radical (unpaired) electrons. The second kappa shape index (κ2) is 8.77. The first-order chi connectivity index (χ1) is 13.0. The molecule has 1 aliphatic heterocycles. The van der Waals surface area contributed by atoms with Gasteiger partial charge in [-0.2, -0.15) is 0 Å². The molecule has 0 saturated carbocycles. The summed E-state index contributed by atoms with van der Waals surface area (Å²) < 4.78 is 24.3. The molecular weight excluding hydrogens is 355 g/mol. The Morgan fingerprint density at radius 1 is 0.963 bits per heavy atom. The van der Waals surface area contributed by atoms with E-state index < -0.39 is 37.1 Å². The van der Waals surface area contributed by atoms with Crippen molar-refractivity contribution in [2.45, 2.75) is 36.9 Å². The fourth-order valence-corrected chi connectivity index (χ4v) is 3.11. The fourth-order valence-electron chi connectivity index (χ4n) is 3.11. The van der Waals surface area contributed by atoms with E-state index in [4.69, 9.17) is 9.47 Å². The van der Waals surface area contributed by atoms with Crippen LogP contribution in [0.4, 0.5) is 4.39 Å². The van der Waals surface area contributed by atoms with E-state index in [-0.39, 0.29) is 5.82 Å². The molecule has 27 heavy (non-hydrogen) atoms. The van der Waals surface area contributed by atoms with Crippen LogP contribution < -0.4 is 4.74 Å². The summed E-state index contributed by atoms with van der Waals surface area (Å²) in [4.78, 5) is 0. The average molecular weight is 378 g/mol. The average Bonchev–Trinajstić information content (AvgIpc) is 2.67. The summed E-state index contributed by atoms with van der Waals surface area (Å²) >= 11 is 0. The van der Waals surface area contributed by atoms with Gasteiger partial charge in [0.2, 0.25) is 0 Å². The van der Waals surface area contributed by atoms with Crippen LogP contribution in [-0.4, -0.2) is 58.1 Å². The van der Waals surface area contributed by atoms with E-state index in [1.807, 2.05) is 6.07 Å². The van der Waals surface area contributed by atoms with E-state index in [0.717, 1.165) is 5.56 Å². The first kappa shape index (κ1) is 19.7. The van der Waals surface area contributed by atoms with Crippen LogP contribution >= 0.6 is 0 Å². The van der Waals surface area contributed by atoms with Crippen LogP contribution in [0.5, 0.6) is 5.75 Å². The van der Waals surface area contributed by atoms with E-state index in [9.17, 15) is 24.8 Å². The van der Waals surface area contributed by atoms with Gasteiger partial charge in [-0.15, -0.1) is 0 Å². The van der Waals surface area contributed by atoms with Gasteiger partial charge in [-0.25, -0.2) is 4.39 Å². The molecule has 0 aliphatic carbocycles. The molecule has 1 heterocycles. The molecule has 7 heteroatoms. The van der Waals surface area contributed by atoms with Crippen molar-refractivity contribution in [2.75, 3.05) is 13.2 Å². The van der Waals surface area contributed by atoms with Gasteiger partial charge < -0.3 is 29.9 Å². The SMILES string of the molecule is OC[C@H]1OC(c2ccc(OCCc3cccc(F)c3)cc2)[C@@H](O)[C@@H](O)[C@@H]1O. The predicted octanol–water partition coefficient (Wildman–Crippen LogP) is 0.962. The molecule has 1 saturated heterocycles. The molecule has 2 aromatic rings. The topological polar surface area (TPSA) is 99.4 Å². The lowest BCUT2D eigenvalue weighted by Crippen LogP contribution is -2.55. The Hall–Kier alpha value is -2.03. The monoisotopic (exact) mass is 378 g/mol. The van der Waals surface area contributed by atoms with E-state index in [2.05, 4.69) is 0 Å². The summed E-state index contributed by atoms with van der Waals surface area (Å²) in [5.41, 5.74) is 1.43. The summed E-state index contributed by atoms with van der Waals surface area (Å²) in [7, 11) is 0. The largest absolute Gasteiger partial charge is 0.493 e. The van der Waals surface area contributed by atoms with Gasteiger partial charge in [0.15, 0.2) is 0 Å². The second-order valence-corrected chi connectivity index (χ2v) is 6.55. The standard InChI is InChI=1S/C20H23FO6/c21-14-3-1-2-12(10-14)8-9-26-15-6-4-13(5-7-15)20-19(25)18(24)17(23)16(11-22)27-20/h1-7,10,16-20,22-25H,8-9,11H2/t16-,17-,18+,19+,20?/m1/s1. The van der Waals surface area contributed by atoms with Crippen LogP contribution in [0.3, 0.4) is 0 Å². The first-order valence-electron chi connectivity index (χ1n) is 8.77. The van der Waals surface area contributed by atoms with Crippen molar-refractivity contribution < 1.29 is 34.3 Å². The van der Waals surface area contributed by atoms with E-state index in [0.29, 0.717) is 24.3 Å². The molecular formula is C20H23FO6. The maximum absolute atomic E-state index is 13.2. The molecule has 0 spiro atoms. The number of rotatable bonds is 6. The highest BCUT2D eigenvalue weighted by molar-refractivity contribution is 5.30. The number of aliphatic hydroxyl groups excluding tert-OH is 4. The lowest BCUT2D eigenvalue weighted by molar-refractivity contribution is -0.231. The molecule has 1 unspecified atom stereocenters. The third kappa shape index (κ3) is 4.63. The van der Waals surface area contributed by atoms with Crippen molar-refractivity contribution >= 4 is 0 Å². The molecule has 1 fully saturated rings. The van der Waals surface area contributed by atoms with Crippen molar-refractivity contribution in [1.82, 2.24) is 0 Å². The molecule has 5 atom stereocenters. The van der Waals surface area contributed by atoms with Gasteiger partial charge in [0.25, 0.3) is 0 Å². The smallest absolute Gasteiger partial charge is 0.123 e. The molecule has 0 bridgehead atoms. The third-order valence-corrected chi connectivity index (χ3v) is 4.65. The lowest BCUT2D eigenvalue weighted by atomic mass is 9.91. The molecule has 146 valence electrons. The maximum atomic E-state index is 13.2. The van der Waals surface area contributed by atoms with E-state index in [1.54, 1.807) is 30.3 Å². The third-order valence-electron chi connectivity index (χ3n) is 4.65. The zero-order valence-corrected chi connectivity index (χ0v) is 14.6. The number of aliphatic hydroxyl groups is 4. The highest BCUT2D eigenvalue weighted by atomic mass is 19.1. The molecule has 0 amide bonds. The Morgan fingerprint density at radius 2 is 1.70 bits per heavy atom. The van der Waals surface area contributed by atoms with Crippen molar-refractivity contribution in [3.8, 4) is 5.75 Å². The van der Waals surface area contributed by atoms with E-state index in [1.165, 1.54) is 12.1 Å². The molecule has 6 nitrogen and oxygen atoms in total. The van der Waals surface area contributed by atoms with Gasteiger partial charge in [0, 0.05) is 6.42 Å². The van der Waals surface area contributed by atoms with Gasteiger partial charge in [-0.1, -0.05) is 24.3 Å². The summed E-state index contributed by atoms with van der Waals surface area (Å²) in [6.45, 7) is -0.0917. The van der Waals surface area contributed by atoms with Gasteiger partial charge in [-0.05, 0) is 35.4 Å². The number of halogens is 1. The minimum atomic E-state index is -1.41. The zero-order chi connectivity index (χ0) is 19.4. The quantitative estimate of drug-likeness (QED) is 0.598. The maximum Gasteiger partial charge on any atom is 0.123 e. The molecule has 1 aliphatic rings. The second-order valence-electron chi connectivity index (χ2n) is 6.55. The van der Waals surface area contributed by atoms with Crippen LogP contribution in [0.1, 0.15) is 17.2 Å². The Bertz CT molecular complexity index is 736. The van der Waals surface area contributed by atoms with E-state index >= 15 is 0 Å². The van der Waals surface area contributed by atoms with Crippen LogP contribution in [0, 0.1) is 5.82 Å². The van der Waals surface area contributed by atoms with Crippen molar-refractivity contribution in [1.29, 1.82) is 0 Å². The Balaban J connectivity index is 1.59. The highest BCUT2D eigenvalue weighted by Gasteiger charge is 2.43. The Labute approximate surface area is 156 Å². The summed E-state index contributed by atoms with van der Waals surface area (Å²) in [5.74, 6) is 0.316. The zero-order valence-electron chi connectivity index (χ0n) is 14.6. The van der Waals surface area contributed by atoms with Crippen molar-refractivity contribution in [3.63, 3.8) is 0 Å². The molecule has 3 rings (SSSR count). The Kier molecular flexibility index (Phi) is 6.41. The van der Waals surface area contributed by atoms with Crippen LogP contribution in [-0.2, 0) is 11.2 Å². The minimum absolute atomic E-state index is 0.281. The number of hydrogen-bond acceptors (Lipinski definition) is 6. The highest BCUT2D eigenvalue weighted by Crippen LogP contribution is 2.33. The van der Waals surface area contributed by atoms with Crippen LogP contribution in [0.25, 0.3) is 0 Å². The normalized spacial score (nSPS) is 28.1. The van der Waals surface area contributed by atoms with Gasteiger partial charge in [0.05, 0.1) is 13.2 Å². The minimum Gasteiger partial charge on any atom is -0.493 e. The summed E-state index contributed by atoms with van der Waals surface area (Å²) in [6.07, 6.45) is -5.37. The number of hydrogen-bond donors (Lipinski definition) is 4. The van der Waals surface area contributed by atoms with Crippen molar-refractivity contribution in [2.24, 2.45) is 0 Å². The molecule has 2 aromatic carbocycles. The number of benzene rings is 2. The van der Waals surface area contributed by atoms with Crippen LogP contribution in [0.15, 0.2) is 48.5 Å². The lowest BCUT2D eigenvalue weighted by Gasteiger charge is -2.40. The number of ether oxygens (including phenoxy) is 2. The predicted molar refractivity (Wildman–Crippen MR) is 94.8 cm³/mol. The van der Waals surface area contributed by atoms with Crippen molar-refractivity contribution in [3.05, 3.63) is 65.5 Å². The summed E-state index contributed by atoms with van der Waals surface area (Å²) in [6, 6.07) is 13.1. The van der Waals surface area contributed by atoms with Gasteiger partial charge in [0.1, 0.15) is 42.1 Å². The Morgan fingerprint density at radius 3 is 2.37 bits per heavy atom. The van der Waals surface area contributed by atoms with Crippen LogP contribution in [0.2, 0.25) is 0 Å². The van der Waals surface area contributed by atoms with Gasteiger partial charge >= 0.3 is 0 Å². The molecule has 0 aromatic heterocycles. The first-order valence-corrected chi connectivity index (χ1v) is 8.77. The molecule has 4 N–H and O–H groups in total. The summed E-state index contributed by atoms with van der Waals surface area (Å²) in [5, 5.41) is 39.1. The van der Waals surface area contributed by atoms with Gasteiger partial charge in [-0.3, -0.25) is 0 Å².